The first-order chi connectivity index (χ1) is 15.1. The van der Waals surface area contributed by atoms with Crippen LogP contribution in [-0.4, -0.2) is 80.8 Å². The fraction of sp³-hybridized carbons (Fsp3) is 0.652. The average Bonchev–Trinajstić information content (AvgIpc) is 3.32. The van der Waals surface area contributed by atoms with Crippen molar-refractivity contribution in [3.05, 3.63) is 29.8 Å². The molecule has 0 radical (unpaired) electrons. The molecule has 0 bridgehead atoms. The molecule has 3 N–H and O–H groups in total. The Hall–Kier alpha value is -2.32. The number of urea groups is 1. The molecular formula is C23H38N6O2. The highest BCUT2D eigenvalue weighted by Gasteiger charge is 2.24. The summed E-state index contributed by atoms with van der Waals surface area (Å²) in [4.78, 5) is 21.1. The molecule has 2 fully saturated rings. The third-order valence-electron chi connectivity index (χ3n) is 6.02. The third-order valence-corrected chi connectivity index (χ3v) is 6.02. The Morgan fingerprint density at radius 3 is 2.55 bits per heavy atom. The van der Waals surface area contributed by atoms with E-state index in [-0.39, 0.29) is 6.03 Å². The van der Waals surface area contributed by atoms with Crippen LogP contribution in [0.5, 0.6) is 0 Å². The first kappa shape index (κ1) is 23.3. The molecule has 2 saturated heterocycles. The number of anilines is 1. The van der Waals surface area contributed by atoms with E-state index in [1.165, 1.54) is 0 Å². The van der Waals surface area contributed by atoms with E-state index in [1.54, 1.807) is 7.05 Å². The predicted molar refractivity (Wildman–Crippen MR) is 125 cm³/mol. The molecule has 2 aliphatic rings. The summed E-state index contributed by atoms with van der Waals surface area (Å²) in [6.07, 6.45) is 2.18. The molecule has 0 aromatic heterocycles. The van der Waals surface area contributed by atoms with Crippen LogP contribution in [0.4, 0.5) is 10.5 Å². The number of nitrogens with zero attached hydrogens (tertiary/aromatic N) is 3. The second-order valence-corrected chi connectivity index (χ2v) is 8.59. The minimum atomic E-state index is -0.0112. The Balaban J connectivity index is 1.49. The molecule has 3 rings (SSSR count). The number of hydrogen-bond donors (Lipinski definition) is 3. The van der Waals surface area contributed by atoms with Crippen LogP contribution in [0.1, 0.15) is 32.3 Å². The predicted octanol–water partition coefficient (Wildman–Crippen LogP) is 2.34. The van der Waals surface area contributed by atoms with Crippen molar-refractivity contribution in [1.82, 2.24) is 20.4 Å². The molecule has 1 atom stereocenters. The quantitative estimate of drug-likeness (QED) is 0.457. The molecule has 2 heterocycles. The number of amides is 2. The summed E-state index contributed by atoms with van der Waals surface area (Å²) in [6.45, 7) is 11.3. The van der Waals surface area contributed by atoms with E-state index in [4.69, 9.17) is 4.74 Å². The number of ether oxygens (including phenoxy) is 1. The maximum atomic E-state index is 12.3. The van der Waals surface area contributed by atoms with Crippen molar-refractivity contribution < 1.29 is 9.53 Å². The van der Waals surface area contributed by atoms with Gasteiger partial charge in [-0.25, -0.2) is 4.79 Å². The maximum Gasteiger partial charge on any atom is 0.321 e. The number of carbonyl (C=O) groups excluding carboxylic acids is 1. The zero-order valence-corrected chi connectivity index (χ0v) is 19.2. The lowest BCUT2D eigenvalue weighted by Gasteiger charge is -2.37. The number of likely N-dealkylation sites (tertiary alicyclic amines) is 1. The molecule has 8 nitrogen and oxygen atoms in total. The summed E-state index contributed by atoms with van der Waals surface area (Å²) in [5, 5.41) is 9.89. The molecule has 1 aromatic carbocycles. The van der Waals surface area contributed by atoms with Gasteiger partial charge in [0.2, 0.25) is 0 Å². The third kappa shape index (κ3) is 7.11. The Morgan fingerprint density at radius 1 is 1.13 bits per heavy atom. The number of guanidine groups is 1. The van der Waals surface area contributed by atoms with Crippen LogP contribution in [0, 0.1) is 5.92 Å². The molecule has 2 aliphatic heterocycles. The van der Waals surface area contributed by atoms with Gasteiger partial charge in [-0.1, -0.05) is 26.0 Å². The number of hydrogen-bond acceptors (Lipinski definition) is 4. The zero-order valence-electron chi connectivity index (χ0n) is 19.2. The standard InChI is InChI=1S/C23H38N6O2/c1-18(2)21(28-11-13-31-14-12-28)17-26-22(24-3)25-16-19-7-6-8-20(15-19)27-23(30)29-9-4-5-10-29/h6-8,15,18,21H,4-5,9-14,16-17H2,1-3H3,(H,27,30)(H2,24,25,26). The van der Waals surface area contributed by atoms with Gasteiger partial charge in [-0.3, -0.25) is 9.89 Å². The zero-order chi connectivity index (χ0) is 22.1. The number of benzene rings is 1. The van der Waals surface area contributed by atoms with Gasteiger partial charge >= 0.3 is 6.03 Å². The Labute approximate surface area is 186 Å². The van der Waals surface area contributed by atoms with Crippen LogP contribution in [0.15, 0.2) is 29.3 Å². The first-order valence-corrected chi connectivity index (χ1v) is 11.5. The number of carbonyl (C=O) groups is 1. The van der Waals surface area contributed by atoms with Crippen LogP contribution in [0.3, 0.4) is 0 Å². The van der Waals surface area contributed by atoms with E-state index in [1.807, 2.05) is 23.1 Å². The van der Waals surface area contributed by atoms with Crippen LogP contribution in [-0.2, 0) is 11.3 Å². The smallest absolute Gasteiger partial charge is 0.321 e. The number of rotatable bonds is 7. The van der Waals surface area contributed by atoms with Crippen LogP contribution >= 0.6 is 0 Å². The van der Waals surface area contributed by atoms with Gasteiger partial charge in [-0.2, -0.15) is 0 Å². The van der Waals surface area contributed by atoms with E-state index in [9.17, 15) is 4.79 Å². The molecule has 2 amide bonds. The van der Waals surface area contributed by atoms with Gasteiger partial charge in [0.05, 0.1) is 13.2 Å². The normalized spacial score (nSPS) is 18.8. The molecule has 31 heavy (non-hydrogen) atoms. The van der Waals surface area contributed by atoms with Gasteiger partial charge in [0.25, 0.3) is 0 Å². The summed E-state index contributed by atoms with van der Waals surface area (Å²) in [6, 6.07) is 8.39. The molecule has 0 spiro atoms. The van der Waals surface area contributed by atoms with Crippen molar-refractivity contribution in [3.63, 3.8) is 0 Å². The van der Waals surface area contributed by atoms with Crippen LogP contribution < -0.4 is 16.0 Å². The van der Waals surface area contributed by atoms with Crippen LogP contribution in [0.25, 0.3) is 0 Å². The highest BCUT2D eigenvalue weighted by molar-refractivity contribution is 5.89. The molecule has 1 unspecified atom stereocenters. The topological polar surface area (TPSA) is 81.2 Å². The number of morpholine rings is 1. The number of nitrogens with one attached hydrogen (secondary N) is 3. The largest absolute Gasteiger partial charge is 0.379 e. The van der Waals surface area contributed by atoms with E-state index < -0.39 is 0 Å². The lowest BCUT2D eigenvalue weighted by Crippen LogP contribution is -2.52. The van der Waals surface area contributed by atoms with Crippen molar-refractivity contribution in [3.8, 4) is 0 Å². The van der Waals surface area contributed by atoms with Gasteiger partial charge in [-0.05, 0) is 36.5 Å². The van der Waals surface area contributed by atoms with Crippen LogP contribution in [0.2, 0.25) is 0 Å². The van der Waals surface area contributed by atoms with Gasteiger partial charge in [0.15, 0.2) is 5.96 Å². The lowest BCUT2D eigenvalue weighted by atomic mass is 10.0. The van der Waals surface area contributed by atoms with Crippen molar-refractivity contribution in [2.75, 3.05) is 58.3 Å². The minimum absolute atomic E-state index is 0.0112. The van der Waals surface area contributed by atoms with Gasteiger partial charge in [0.1, 0.15) is 0 Å². The van der Waals surface area contributed by atoms with Crippen molar-refractivity contribution >= 4 is 17.7 Å². The average molecular weight is 431 g/mol. The highest BCUT2D eigenvalue weighted by atomic mass is 16.5. The second kappa shape index (κ2) is 11.9. The summed E-state index contributed by atoms with van der Waals surface area (Å²) in [5.74, 6) is 1.32. The SMILES string of the molecule is CN=C(NCc1cccc(NC(=O)N2CCCC2)c1)NCC(C(C)C)N1CCOCC1. The Morgan fingerprint density at radius 2 is 1.87 bits per heavy atom. The van der Waals surface area contributed by atoms with Crippen molar-refractivity contribution in [2.24, 2.45) is 10.9 Å². The van der Waals surface area contributed by atoms with E-state index in [0.29, 0.717) is 18.5 Å². The molecule has 0 saturated carbocycles. The fourth-order valence-corrected chi connectivity index (χ4v) is 4.18. The first-order valence-electron chi connectivity index (χ1n) is 11.5. The minimum Gasteiger partial charge on any atom is -0.379 e. The van der Waals surface area contributed by atoms with Gasteiger partial charge in [-0.15, -0.1) is 0 Å². The van der Waals surface area contributed by atoms with Gasteiger partial charge < -0.3 is 25.6 Å². The molecule has 1 aromatic rings. The van der Waals surface area contributed by atoms with Crippen molar-refractivity contribution in [2.45, 2.75) is 39.3 Å². The van der Waals surface area contributed by atoms with Crippen molar-refractivity contribution in [1.29, 1.82) is 0 Å². The Kier molecular flexibility index (Phi) is 8.97. The van der Waals surface area contributed by atoms with Gasteiger partial charge in [0, 0.05) is 58.0 Å². The maximum absolute atomic E-state index is 12.3. The van der Waals surface area contributed by atoms with E-state index in [2.05, 4.69) is 45.8 Å². The lowest BCUT2D eigenvalue weighted by molar-refractivity contribution is 0.00752. The summed E-state index contributed by atoms with van der Waals surface area (Å²) in [5.41, 5.74) is 1.92. The number of aliphatic imine (C=N–C) groups is 1. The molecule has 172 valence electrons. The Bertz CT molecular complexity index is 727. The molecule has 0 aliphatic carbocycles. The fourth-order valence-electron chi connectivity index (χ4n) is 4.18. The summed E-state index contributed by atoms with van der Waals surface area (Å²) < 4.78 is 5.50. The van der Waals surface area contributed by atoms with E-state index >= 15 is 0 Å². The van der Waals surface area contributed by atoms with E-state index in [0.717, 1.165) is 76.0 Å². The summed E-state index contributed by atoms with van der Waals surface area (Å²) >= 11 is 0. The molecule has 8 heteroatoms. The highest BCUT2D eigenvalue weighted by Crippen LogP contribution is 2.15. The summed E-state index contributed by atoms with van der Waals surface area (Å²) in [7, 11) is 1.79. The second-order valence-electron chi connectivity index (χ2n) is 8.59. The molecular weight excluding hydrogens is 392 g/mol. The monoisotopic (exact) mass is 430 g/mol.